The van der Waals surface area contributed by atoms with Crippen molar-refractivity contribution in [1.29, 1.82) is 0 Å². The predicted molar refractivity (Wildman–Crippen MR) is 138 cm³/mol. The molecule has 9 nitrogen and oxygen atoms in total. The highest BCUT2D eigenvalue weighted by molar-refractivity contribution is 14.0. The molecule has 2 fully saturated rings. The smallest absolute Gasteiger partial charge is 0.194 e. The lowest BCUT2D eigenvalue weighted by Crippen LogP contribution is -2.52. The van der Waals surface area contributed by atoms with Crippen LogP contribution < -0.4 is 10.2 Å². The monoisotopic (exact) mass is 554 g/mol. The van der Waals surface area contributed by atoms with Gasteiger partial charge in [-0.3, -0.25) is 4.90 Å². The summed E-state index contributed by atoms with van der Waals surface area (Å²) < 4.78 is 4.94. The molecule has 2 saturated heterocycles. The molecule has 2 aliphatic heterocycles. The summed E-state index contributed by atoms with van der Waals surface area (Å²) in [5, 5.41) is 7.47. The number of aromatic nitrogens is 2. The largest absolute Gasteiger partial charge is 0.364 e. The van der Waals surface area contributed by atoms with E-state index < -0.39 is 0 Å². The Morgan fingerprint density at radius 3 is 2.47 bits per heavy atom. The maximum Gasteiger partial charge on any atom is 0.194 e. The first-order chi connectivity index (χ1) is 15.2. The van der Waals surface area contributed by atoms with Crippen LogP contribution in [0.4, 0.5) is 5.82 Å². The summed E-state index contributed by atoms with van der Waals surface area (Å²) >= 11 is 0. The Bertz CT molecular complexity index is 813. The number of nitrogens with zero attached hydrogens (tertiary/aromatic N) is 7. The van der Waals surface area contributed by atoms with Crippen LogP contribution >= 0.6 is 24.0 Å². The van der Waals surface area contributed by atoms with Gasteiger partial charge in [0.1, 0.15) is 12.1 Å². The first-order valence-electron chi connectivity index (χ1n) is 11.2. The van der Waals surface area contributed by atoms with E-state index in [0.717, 1.165) is 88.5 Å². The molecule has 2 aromatic heterocycles. The van der Waals surface area contributed by atoms with Crippen molar-refractivity contribution in [3.05, 3.63) is 41.9 Å². The van der Waals surface area contributed by atoms with Crippen molar-refractivity contribution in [2.75, 3.05) is 70.9 Å². The summed E-state index contributed by atoms with van der Waals surface area (Å²) in [4.78, 5) is 19.0. The number of hydrogen-bond acceptors (Lipinski definition) is 7. The highest BCUT2D eigenvalue weighted by atomic mass is 127. The van der Waals surface area contributed by atoms with Crippen LogP contribution in [-0.4, -0.2) is 96.8 Å². The third-order valence-corrected chi connectivity index (χ3v) is 5.93. The molecule has 0 unspecified atom stereocenters. The minimum atomic E-state index is 0. The van der Waals surface area contributed by atoms with Gasteiger partial charge in [0.15, 0.2) is 5.96 Å². The van der Waals surface area contributed by atoms with E-state index in [1.807, 2.05) is 12.3 Å². The first-order valence-corrected chi connectivity index (χ1v) is 11.2. The first kappa shape index (κ1) is 24.7. The third kappa shape index (κ3) is 6.79. The van der Waals surface area contributed by atoms with Gasteiger partial charge in [0.05, 0.1) is 12.2 Å². The van der Waals surface area contributed by atoms with Gasteiger partial charge in [0.25, 0.3) is 0 Å². The highest BCUT2D eigenvalue weighted by Gasteiger charge is 2.20. The molecule has 4 heterocycles. The van der Waals surface area contributed by atoms with Crippen LogP contribution in [0.1, 0.15) is 18.2 Å². The van der Waals surface area contributed by atoms with Gasteiger partial charge >= 0.3 is 0 Å². The second kappa shape index (κ2) is 12.4. The summed E-state index contributed by atoms with van der Waals surface area (Å²) in [7, 11) is 2.17. The SMILES string of the molecule is CCNC(=NCc1ccc(N2CCN(C)CC2)nc1)N1CCN(Cc2ccon2)CC1.I. The average molecular weight is 554 g/mol. The molecule has 4 rings (SSSR count). The molecule has 0 atom stereocenters. The lowest BCUT2D eigenvalue weighted by Gasteiger charge is -2.36. The van der Waals surface area contributed by atoms with Crippen LogP contribution in [-0.2, 0) is 13.1 Å². The van der Waals surface area contributed by atoms with Crippen molar-refractivity contribution in [3.63, 3.8) is 0 Å². The van der Waals surface area contributed by atoms with Crippen molar-refractivity contribution < 1.29 is 4.52 Å². The van der Waals surface area contributed by atoms with Crippen molar-refractivity contribution in [3.8, 4) is 0 Å². The molecule has 1 N–H and O–H groups in total. The number of nitrogens with one attached hydrogen (secondary N) is 1. The molecule has 0 bridgehead atoms. The summed E-state index contributed by atoms with van der Waals surface area (Å²) in [6, 6.07) is 6.22. The third-order valence-electron chi connectivity index (χ3n) is 5.93. The Morgan fingerprint density at radius 2 is 1.84 bits per heavy atom. The van der Waals surface area contributed by atoms with Crippen LogP contribution in [0.2, 0.25) is 0 Å². The Kier molecular flexibility index (Phi) is 9.54. The fourth-order valence-corrected chi connectivity index (χ4v) is 3.99. The van der Waals surface area contributed by atoms with E-state index in [4.69, 9.17) is 14.5 Å². The Morgan fingerprint density at radius 1 is 1.06 bits per heavy atom. The molecule has 0 radical (unpaired) electrons. The van der Waals surface area contributed by atoms with E-state index >= 15 is 0 Å². The van der Waals surface area contributed by atoms with Crippen molar-refractivity contribution in [2.45, 2.75) is 20.0 Å². The van der Waals surface area contributed by atoms with E-state index in [-0.39, 0.29) is 24.0 Å². The molecule has 2 aromatic rings. The second-order valence-corrected chi connectivity index (χ2v) is 8.24. The summed E-state index contributed by atoms with van der Waals surface area (Å²) in [5.74, 6) is 2.04. The number of anilines is 1. The summed E-state index contributed by atoms with van der Waals surface area (Å²) in [5.41, 5.74) is 2.12. The molecule has 0 spiro atoms. The van der Waals surface area contributed by atoms with Crippen molar-refractivity contribution in [2.24, 2.45) is 4.99 Å². The van der Waals surface area contributed by atoms with Gasteiger partial charge in [-0.2, -0.15) is 0 Å². The molecule has 0 aromatic carbocycles. The number of piperazine rings is 2. The molecule has 0 amide bonds. The number of halogens is 1. The Labute approximate surface area is 207 Å². The predicted octanol–water partition coefficient (Wildman–Crippen LogP) is 1.72. The fraction of sp³-hybridized carbons (Fsp3) is 0.591. The zero-order valence-corrected chi connectivity index (χ0v) is 21.4. The van der Waals surface area contributed by atoms with E-state index in [1.165, 1.54) is 0 Å². The molecule has 2 aliphatic rings. The quantitative estimate of drug-likeness (QED) is 0.329. The molecular formula is C22H35IN8O. The maximum atomic E-state index is 4.94. The number of hydrogen-bond donors (Lipinski definition) is 1. The van der Waals surface area contributed by atoms with Crippen LogP contribution in [0, 0.1) is 0 Å². The van der Waals surface area contributed by atoms with E-state index in [1.54, 1.807) is 6.26 Å². The van der Waals surface area contributed by atoms with Crippen LogP contribution in [0.25, 0.3) is 0 Å². The summed E-state index contributed by atoms with van der Waals surface area (Å²) in [6.45, 7) is 12.6. The number of guanidine groups is 1. The van der Waals surface area contributed by atoms with Gasteiger partial charge in [-0.25, -0.2) is 9.98 Å². The number of aliphatic imine (C=N–C) groups is 1. The van der Waals surface area contributed by atoms with Gasteiger partial charge < -0.3 is 24.5 Å². The van der Waals surface area contributed by atoms with Gasteiger partial charge in [0.2, 0.25) is 0 Å². The molecule has 0 saturated carbocycles. The average Bonchev–Trinajstić information content (AvgIpc) is 3.31. The molecule has 32 heavy (non-hydrogen) atoms. The van der Waals surface area contributed by atoms with Gasteiger partial charge in [-0.05, 0) is 25.6 Å². The number of likely N-dealkylation sites (N-methyl/N-ethyl adjacent to an activating group) is 1. The number of pyridine rings is 1. The van der Waals surface area contributed by atoms with E-state index in [0.29, 0.717) is 6.54 Å². The fourth-order valence-electron chi connectivity index (χ4n) is 3.99. The minimum Gasteiger partial charge on any atom is -0.364 e. The van der Waals surface area contributed by atoms with Gasteiger partial charge in [0, 0.05) is 77.7 Å². The highest BCUT2D eigenvalue weighted by Crippen LogP contribution is 2.14. The van der Waals surface area contributed by atoms with E-state index in [9.17, 15) is 0 Å². The molecule has 0 aliphatic carbocycles. The number of rotatable bonds is 6. The topological polar surface area (TPSA) is 76.3 Å². The van der Waals surface area contributed by atoms with Gasteiger partial charge in [-0.15, -0.1) is 24.0 Å². The minimum absolute atomic E-state index is 0. The van der Waals surface area contributed by atoms with E-state index in [2.05, 4.69) is 56.2 Å². The zero-order chi connectivity index (χ0) is 21.5. The lowest BCUT2D eigenvalue weighted by molar-refractivity contribution is 0.169. The Balaban J connectivity index is 0.00000289. The molecule has 176 valence electrons. The van der Waals surface area contributed by atoms with Crippen LogP contribution in [0.15, 0.2) is 40.2 Å². The molecular weight excluding hydrogens is 519 g/mol. The normalized spacial score (nSPS) is 18.5. The van der Waals surface area contributed by atoms with Crippen molar-refractivity contribution >= 4 is 35.8 Å². The van der Waals surface area contributed by atoms with Crippen molar-refractivity contribution in [1.82, 2.24) is 30.2 Å². The standard InChI is InChI=1S/C22H34N8O.HI/c1-3-23-22(30-13-9-28(10-14-30)18-20-6-15-31-26-20)25-17-19-4-5-21(24-16-19)29-11-7-27(2)8-12-29;/h4-6,15-16H,3,7-14,17-18H2,1-2H3,(H,23,25);1H. The van der Waals surface area contributed by atoms with Crippen LogP contribution in [0.3, 0.4) is 0 Å². The maximum absolute atomic E-state index is 4.94. The Hall–Kier alpha value is -1.92. The summed E-state index contributed by atoms with van der Waals surface area (Å²) in [6.07, 6.45) is 3.60. The molecule has 10 heteroatoms. The van der Waals surface area contributed by atoms with Gasteiger partial charge in [-0.1, -0.05) is 11.2 Å². The zero-order valence-electron chi connectivity index (χ0n) is 19.1. The second-order valence-electron chi connectivity index (χ2n) is 8.24. The van der Waals surface area contributed by atoms with Crippen LogP contribution in [0.5, 0.6) is 0 Å². The lowest BCUT2D eigenvalue weighted by atomic mass is 10.2.